The fraction of sp³-hybridized carbons (Fsp3) is 0.500. The number of benzene rings is 1. The van der Waals surface area contributed by atoms with Gasteiger partial charge in [-0.3, -0.25) is 4.79 Å². The van der Waals surface area contributed by atoms with Gasteiger partial charge in [0.1, 0.15) is 6.61 Å². The molecule has 1 atom stereocenters. The first kappa shape index (κ1) is 17.3. The Morgan fingerprint density at radius 2 is 2.08 bits per heavy atom. The van der Waals surface area contributed by atoms with Gasteiger partial charge in [0.05, 0.1) is 11.8 Å². The van der Waals surface area contributed by atoms with Gasteiger partial charge in [0, 0.05) is 32.8 Å². The Hall–Kier alpha value is -2.52. The van der Waals surface area contributed by atoms with Gasteiger partial charge in [-0.1, -0.05) is 23.3 Å². The van der Waals surface area contributed by atoms with E-state index in [1.165, 1.54) is 0 Å². The molecule has 1 aliphatic rings. The summed E-state index contributed by atoms with van der Waals surface area (Å²) in [4.78, 5) is 15.7. The van der Waals surface area contributed by atoms with E-state index in [1.54, 1.807) is 9.58 Å². The number of aromatic nitrogens is 4. The number of hydrogen-bond donors (Lipinski definition) is 1. The largest absolute Gasteiger partial charge is 0.389 e. The predicted molar refractivity (Wildman–Crippen MR) is 90.4 cm³/mol. The lowest BCUT2D eigenvalue weighted by atomic mass is 10.3. The molecule has 0 saturated carbocycles. The molecule has 1 amide bonds. The van der Waals surface area contributed by atoms with Crippen LogP contribution in [0, 0.1) is 0 Å². The van der Waals surface area contributed by atoms with E-state index in [0.717, 1.165) is 5.69 Å². The maximum Gasteiger partial charge on any atom is 0.250 e. The van der Waals surface area contributed by atoms with E-state index in [2.05, 4.69) is 15.5 Å². The van der Waals surface area contributed by atoms with Gasteiger partial charge < -0.3 is 19.6 Å². The Balaban J connectivity index is 1.75. The summed E-state index contributed by atoms with van der Waals surface area (Å²) in [6.07, 6.45) is -0.686. The number of para-hydroxylation sites is 1. The van der Waals surface area contributed by atoms with Gasteiger partial charge in [-0.15, -0.1) is 0 Å². The molecule has 1 unspecified atom stereocenters. The molecule has 9 heteroatoms. The number of β-amino-alcohol motifs (C(OH)–C–C–N with tert-alkyl or cyclic N) is 1. The van der Waals surface area contributed by atoms with Crippen LogP contribution in [0.1, 0.15) is 6.92 Å². The fourth-order valence-electron chi connectivity index (χ4n) is 2.80. The number of carbonyl (C=O) groups excluding carboxylic acids is 1. The van der Waals surface area contributed by atoms with Crippen molar-refractivity contribution in [1.29, 1.82) is 0 Å². The third-order valence-electron chi connectivity index (χ3n) is 4.02. The summed E-state index contributed by atoms with van der Waals surface area (Å²) in [5, 5.41) is 22.2. The topological polar surface area (TPSA) is 96.6 Å². The van der Waals surface area contributed by atoms with Gasteiger partial charge >= 0.3 is 0 Å². The van der Waals surface area contributed by atoms with Crippen molar-refractivity contribution in [2.24, 2.45) is 0 Å². The van der Waals surface area contributed by atoms with Gasteiger partial charge in [-0.05, 0) is 29.5 Å². The van der Waals surface area contributed by atoms with E-state index in [0.29, 0.717) is 32.2 Å². The maximum atomic E-state index is 12.2. The van der Waals surface area contributed by atoms with E-state index in [1.807, 2.05) is 42.2 Å². The van der Waals surface area contributed by atoms with Crippen LogP contribution in [0.25, 0.3) is 5.69 Å². The molecule has 0 aliphatic carbocycles. The molecule has 1 N–H and O–H groups in total. The smallest absolute Gasteiger partial charge is 0.250 e. The van der Waals surface area contributed by atoms with E-state index in [4.69, 9.17) is 4.74 Å². The van der Waals surface area contributed by atoms with E-state index >= 15 is 0 Å². The summed E-state index contributed by atoms with van der Waals surface area (Å²) in [5.41, 5.74) is 0.838. The minimum absolute atomic E-state index is 0.0327. The number of aliphatic hydroxyl groups is 1. The van der Waals surface area contributed by atoms with Crippen LogP contribution in [0.2, 0.25) is 0 Å². The number of carbonyl (C=O) groups is 1. The van der Waals surface area contributed by atoms with Crippen LogP contribution >= 0.6 is 0 Å². The average Bonchev–Trinajstić information content (AvgIpc) is 3.04. The number of nitrogens with zero attached hydrogens (tertiary/aromatic N) is 6. The number of anilines is 1. The third-order valence-corrected chi connectivity index (χ3v) is 4.02. The van der Waals surface area contributed by atoms with Crippen molar-refractivity contribution >= 4 is 11.9 Å². The van der Waals surface area contributed by atoms with Gasteiger partial charge in [0.2, 0.25) is 5.91 Å². The fourth-order valence-corrected chi connectivity index (χ4v) is 2.80. The summed E-state index contributed by atoms with van der Waals surface area (Å²) in [6.45, 7) is 3.99. The van der Waals surface area contributed by atoms with Gasteiger partial charge in [-0.25, -0.2) is 0 Å². The van der Waals surface area contributed by atoms with Crippen LogP contribution in [0.4, 0.5) is 5.95 Å². The van der Waals surface area contributed by atoms with Gasteiger partial charge in [0.15, 0.2) is 0 Å². The standard InChI is InChI=1S/C16H22N6O3/c1-2-25-12-15(24)20-8-9-21(11-14(23)10-20)16-17-18-19-22(16)13-6-4-3-5-7-13/h3-7,14,23H,2,8-12H2,1H3. The van der Waals surface area contributed by atoms with Crippen molar-refractivity contribution in [2.75, 3.05) is 44.3 Å². The zero-order valence-electron chi connectivity index (χ0n) is 14.2. The third kappa shape index (κ3) is 4.12. The Bertz CT molecular complexity index is 692. The number of hydrogen-bond acceptors (Lipinski definition) is 7. The normalized spacial score (nSPS) is 18.2. The lowest BCUT2D eigenvalue weighted by Gasteiger charge is -2.22. The molecule has 2 aromatic rings. The molecule has 0 spiro atoms. The first-order valence-corrected chi connectivity index (χ1v) is 8.31. The minimum Gasteiger partial charge on any atom is -0.389 e. The monoisotopic (exact) mass is 346 g/mol. The molecule has 25 heavy (non-hydrogen) atoms. The van der Waals surface area contributed by atoms with Crippen LogP contribution < -0.4 is 4.90 Å². The SMILES string of the molecule is CCOCC(=O)N1CCN(c2nnnn2-c2ccccc2)CC(O)C1. The molecule has 1 aliphatic heterocycles. The first-order chi connectivity index (χ1) is 12.2. The Morgan fingerprint density at radius 3 is 2.84 bits per heavy atom. The Morgan fingerprint density at radius 1 is 1.28 bits per heavy atom. The highest BCUT2D eigenvalue weighted by Crippen LogP contribution is 2.17. The van der Waals surface area contributed by atoms with Crippen LogP contribution in [-0.4, -0.2) is 81.6 Å². The quantitative estimate of drug-likeness (QED) is 0.794. The van der Waals surface area contributed by atoms with Crippen molar-refractivity contribution in [3.63, 3.8) is 0 Å². The highest BCUT2D eigenvalue weighted by Gasteiger charge is 2.27. The number of amides is 1. The van der Waals surface area contributed by atoms with Crippen molar-refractivity contribution in [3.8, 4) is 5.69 Å². The second-order valence-corrected chi connectivity index (χ2v) is 5.80. The number of tetrazole rings is 1. The van der Waals surface area contributed by atoms with E-state index < -0.39 is 6.10 Å². The first-order valence-electron chi connectivity index (χ1n) is 8.31. The zero-order valence-corrected chi connectivity index (χ0v) is 14.2. The lowest BCUT2D eigenvalue weighted by Crippen LogP contribution is -2.39. The van der Waals surface area contributed by atoms with E-state index in [9.17, 15) is 9.90 Å². The predicted octanol–water partition coefficient (Wildman–Crippen LogP) is -0.292. The summed E-state index contributed by atoms with van der Waals surface area (Å²) in [5.74, 6) is 0.426. The molecule has 2 heterocycles. The average molecular weight is 346 g/mol. The molecule has 1 aromatic heterocycles. The van der Waals surface area contributed by atoms with Crippen LogP contribution in [0.15, 0.2) is 30.3 Å². The molecule has 3 rings (SSSR count). The van der Waals surface area contributed by atoms with E-state index in [-0.39, 0.29) is 19.1 Å². The maximum absolute atomic E-state index is 12.2. The van der Waals surface area contributed by atoms with Gasteiger partial charge in [0.25, 0.3) is 5.95 Å². The molecular formula is C16H22N6O3. The summed E-state index contributed by atoms with van der Waals surface area (Å²) in [7, 11) is 0. The lowest BCUT2D eigenvalue weighted by molar-refractivity contribution is -0.136. The molecule has 9 nitrogen and oxygen atoms in total. The molecule has 1 fully saturated rings. The minimum atomic E-state index is -0.686. The van der Waals surface area contributed by atoms with Crippen LogP contribution in [-0.2, 0) is 9.53 Å². The van der Waals surface area contributed by atoms with Crippen molar-refractivity contribution in [2.45, 2.75) is 13.0 Å². The number of rotatable bonds is 5. The molecule has 1 saturated heterocycles. The zero-order chi connectivity index (χ0) is 17.6. The molecular weight excluding hydrogens is 324 g/mol. The summed E-state index contributed by atoms with van der Waals surface area (Å²) >= 11 is 0. The molecule has 0 radical (unpaired) electrons. The molecule has 134 valence electrons. The highest BCUT2D eigenvalue weighted by atomic mass is 16.5. The summed E-state index contributed by atoms with van der Waals surface area (Å²) < 4.78 is 6.81. The van der Waals surface area contributed by atoms with Crippen molar-refractivity contribution < 1.29 is 14.6 Å². The second kappa shape index (κ2) is 8.04. The summed E-state index contributed by atoms with van der Waals surface area (Å²) in [6, 6.07) is 9.56. The van der Waals surface area contributed by atoms with Crippen LogP contribution in [0.3, 0.4) is 0 Å². The Labute approximate surface area is 145 Å². The van der Waals surface area contributed by atoms with Crippen molar-refractivity contribution in [1.82, 2.24) is 25.1 Å². The second-order valence-electron chi connectivity index (χ2n) is 5.80. The van der Waals surface area contributed by atoms with Crippen molar-refractivity contribution in [3.05, 3.63) is 30.3 Å². The number of aliphatic hydroxyl groups excluding tert-OH is 1. The number of ether oxygens (including phenoxy) is 1. The van der Waals surface area contributed by atoms with Crippen LogP contribution in [0.5, 0.6) is 0 Å². The Kier molecular flexibility index (Phi) is 5.56. The molecule has 1 aromatic carbocycles. The highest BCUT2D eigenvalue weighted by molar-refractivity contribution is 5.77. The molecule has 0 bridgehead atoms. The van der Waals surface area contributed by atoms with Gasteiger partial charge in [-0.2, -0.15) is 4.68 Å².